The molecule has 2 aromatic rings. The predicted molar refractivity (Wildman–Crippen MR) is 98.2 cm³/mol. The summed E-state index contributed by atoms with van der Waals surface area (Å²) in [4.78, 5) is 25.9. The minimum atomic E-state index is -0.216. The number of benzene rings is 2. The zero-order valence-electron chi connectivity index (χ0n) is 14.1. The number of hydrogen-bond acceptors (Lipinski definition) is 4. The molecule has 0 bridgehead atoms. The average Bonchev–Trinajstić information content (AvgIpc) is 2.62. The van der Waals surface area contributed by atoms with Crippen molar-refractivity contribution in [1.29, 1.82) is 0 Å². The third kappa shape index (κ3) is 4.58. The summed E-state index contributed by atoms with van der Waals surface area (Å²) in [6.07, 6.45) is 0. The van der Waals surface area contributed by atoms with Crippen molar-refractivity contribution in [2.75, 3.05) is 41.8 Å². The Morgan fingerprint density at radius 3 is 2.36 bits per heavy atom. The Bertz CT molecular complexity index is 770. The standard InChI is InChI=1S/C19H21N3O3/c1-14(23)20-16-5-2-4-15(12-16)19(24)21-17-6-3-7-18(13-17)22-8-10-25-11-9-22/h2-7,12-13H,8-11H2,1H3,(H,20,23)(H,21,24). The minimum Gasteiger partial charge on any atom is -0.378 e. The Hall–Kier alpha value is -2.86. The number of amides is 2. The smallest absolute Gasteiger partial charge is 0.255 e. The fourth-order valence-corrected chi connectivity index (χ4v) is 2.75. The van der Waals surface area contributed by atoms with E-state index in [9.17, 15) is 9.59 Å². The lowest BCUT2D eigenvalue weighted by Gasteiger charge is -2.29. The van der Waals surface area contributed by atoms with Gasteiger partial charge in [0.1, 0.15) is 0 Å². The highest BCUT2D eigenvalue weighted by molar-refractivity contribution is 6.05. The van der Waals surface area contributed by atoms with Crippen LogP contribution in [-0.2, 0) is 9.53 Å². The Kier molecular flexibility index (Phi) is 5.30. The number of ether oxygens (including phenoxy) is 1. The van der Waals surface area contributed by atoms with Crippen molar-refractivity contribution < 1.29 is 14.3 Å². The van der Waals surface area contributed by atoms with Gasteiger partial charge in [0.25, 0.3) is 5.91 Å². The van der Waals surface area contributed by atoms with Crippen LogP contribution in [0.5, 0.6) is 0 Å². The molecular formula is C19H21N3O3. The summed E-state index contributed by atoms with van der Waals surface area (Å²) in [5.41, 5.74) is 2.89. The summed E-state index contributed by atoms with van der Waals surface area (Å²) in [6, 6.07) is 14.6. The number of nitrogens with one attached hydrogen (secondary N) is 2. The molecule has 3 rings (SSSR count). The van der Waals surface area contributed by atoms with Crippen molar-refractivity contribution >= 4 is 28.9 Å². The van der Waals surface area contributed by atoms with Crippen LogP contribution in [0.15, 0.2) is 48.5 Å². The number of anilines is 3. The fraction of sp³-hybridized carbons (Fsp3) is 0.263. The Labute approximate surface area is 146 Å². The molecule has 0 spiro atoms. The topological polar surface area (TPSA) is 70.7 Å². The molecule has 6 heteroatoms. The van der Waals surface area contributed by atoms with Crippen LogP contribution in [0.4, 0.5) is 17.1 Å². The van der Waals surface area contributed by atoms with E-state index in [-0.39, 0.29) is 11.8 Å². The third-order valence-electron chi connectivity index (χ3n) is 3.93. The lowest BCUT2D eigenvalue weighted by atomic mass is 10.1. The number of carbonyl (C=O) groups is 2. The zero-order chi connectivity index (χ0) is 17.6. The molecule has 1 fully saturated rings. The van der Waals surface area contributed by atoms with Crippen LogP contribution in [0.1, 0.15) is 17.3 Å². The predicted octanol–water partition coefficient (Wildman–Crippen LogP) is 2.73. The molecule has 0 saturated carbocycles. The fourth-order valence-electron chi connectivity index (χ4n) is 2.75. The molecular weight excluding hydrogens is 318 g/mol. The van der Waals surface area contributed by atoms with Crippen molar-refractivity contribution in [1.82, 2.24) is 0 Å². The molecule has 0 radical (unpaired) electrons. The van der Waals surface area contributed by atoms with E-state index in [0.29, 0.717) is 24.5 Å². The van der Waals surface area contributed by atoms with Crippen LogP contribution in [0.2, 0.25) is 0 Å². The quantitative estimate of drug-likeness (QED) is 0.898. The van der Waals surface area contributed by atoms with Crippen LogP contribution in [0.25, 0.3) is 0 Å². The van der Waals surface area contributed by atoms with Gasteiger partial charge in [-0.3, -0.25) is 9.59 Å². The summed E-state index contributed by atoms with van der Waals surface area (Å²) in [5, 5.41) is 5.59. The molecule has 1 aliphatic rings. The van der Waals surface area contributed by atoms with E-state index in [1.165, 1.54) is 6.92 Å². The second-order valence-corrected chi connectivity index (χ2v) is 5.87. The molecule has 0 aromatic heterocycles. The van der Waals surface area contributed by atoms with E-state index in [0.717, 1.165) is 24.5 Å². The molecule has 25 heavy (non-hydrogen) atoms. The summed E-state index contributed by atoms with van der Waals surface area (Å²) in [6.45, 7) is 4.55. The first-order chi connectivity index (χ1) is 12.1. The summed E-state index contributed by atoms with van der Waals surface area (Å²) < 4.78 is 5.37. The minimum absolute atomic E-state index is 0.171. The lowest BCUT2D eigenvalue weighted by molar-refractivity contribution is -0.114. The third-order valence-corrected chi connectivity index (χ3v) is 3.93. The Balaban J connectivity index is 1.71. The molecule has 2 aromatic carbocycles. The summed E-state index contributed by atoms with van der Waals surface area (Å²) >= 11 is 0. The monoisotopic (exact) mass is 339 g/mol. The molecule has 2 N–H and O–H groups in total. The molecule has 1 saturated heterocycles. The van der Waals surface area contributed by atoms with Gasteiger partial charge in [-0.1, -0.05) is 12.1 Å². The van der Waals surface area contributed by atoms with Gasteiger partial charge in [0.05, 0.1) is 13.2 Å². The van der Waals surface area contributed by atoms with Crippen molar-refractivity contribution in [2.24, 2.45) is 0 Å². The van der Waals surface area contributed by atoms with Crippen LogP contribution in [-0.4, -0.2) is 38.1 Å². The van der Waals surface area contributed by atoms with Gasteiger partial charge in [0.15, 0.2) is 0 Å². The first-order valence-electron chi connectivity index (χ1n) is 8.23. The highest BCUT2D eigenvalue weighted by Crippen LogP contribution is 2.21. The van der Waals surface area contributed by atoms with Gasteiger partial charge in [-0.15, -0.1) is 0 Å². The molecule has 1 heterocycles. The normalized spacial score (nSPS) is 14.0. The van der Waals surface area contributed by atoms with Crippen LogP contribution in [0.3, 0.4) is 0 Å². The van der Waals surface area contributed by atoms with E-state index in [1.807, 2.05) is 24.3 Å². The van der Waals surface area contributed by atoms with E-state index in [4.69, 9.17) is 4.74 Å². The number of hydrogen-bond donors (Lipinski definition) is 2. The summed E-state index contributed by atoms with van der Waals surface area (Å²) in [5.74, 6) is -0.387. The zero-order valence-corrected chi connectivity index (χ0v) is 14.1. The van der Waals surface area contributed by atoms with E-state index < -0.39 is 0 Å². The van der Waals surface area contributed by atoms with Crippen molar-refractivity contribution in [2.45, 2.75) is 6.92 Å². The van der Waals surface area contributed by atoms with Gasteiger partial charge in [-0.2, -0.15) is 0 Å². The van der Waals surface area contributed by atoms with Crippen molar-refractivity contribution in [3.05, 3.63) is 54.1 Å². The van der Waals surface area contributed by atoms with Gasteiger partial charge in [-0.25, -0.2) is 0 Å². The second-order valence-electron chi connectivity index (χ2n) is 5.87. The SMILES string of the molecule is CC(=O)Nc1cccc(C(=O)Nc2cccc(N3CCOCC3)c2)c1. The second kappa shape index (κ2) is 7.81. The Morgan fingerprint density at radius 1 is 0.960 bits per heavy atom. The number of carbonyl (C=O) groups excluding carboxylic acids is 2. The average molecular weight is 339 g/mol. The molecule has 6 nitrogen and oxygen atoms in total. The molecule has 1 aliphatic heterocycles. The highest BCUT2D eigenvalue weighted by Gasteiger charge is 2.12. The lowest BCUT2D eigenvalue weighted by Crippen LogP contribution is -2.36. The largest absolute Gasteiger partial charge is 0.378 e. The van der Waals surface area contributed by atoms with E-state index >= 15 is 0 Å². The molecule has 2 amide bonds. The van der Waals surface area contributed by atoms with Crippen molar-refractivity contribution in [3.8, 4) is 0 Å². The van der Waals surface area contributed by atoms with E-state index in [1.54, 1.807) is 24.3 Å². The van der Waals surface area contributed by atoms with E-state index in [2.05, 4.69) is 15.5 Å². The van der Waals surface area contributed by atoms with Crippen LogP contribution < -0.4 is 15.5 Å². The van der Waals surface area contributed by atoms with Gasteiger partial charge in [-0.05, 0) is 36.4 Å². The maximum absolute atomic E-state index is 12.5. The Morgan fingerprint density at radius 2 is 1.64 bits per heavy atom. The first-order valence-corrected chi connectivity index (χ1v) is 8.23. The number of morpholine rings is 1. The summed E-state index contributed by atoms with van der Waals surface area (Å²) in [7, 11) is 0. The van der Waals surface area contributed by atoms with Gasteiger partial charge in [0, 0.05) is 42.6 Å². The van der Waals surface area contributed by atoms with Gasteiger partial charge >= 0.3 is 0 Å². The number of rotatable bonds is 4. The molecule has 0 aliphatic carbocycles. The first kappa shape index (κ1) is 17.0. The van der Waals surface area contributed by atoms with Crippen LogP contribution in [0, 0.1) is 0 Å². The van der Waals surface area contributed by atoms with Crippen molar-refractivity contribution in [3.63, 3.8) is 0 Å². The highest BCUT2D eigenvalue weighted by atomic mass is 16.5. The molecule has 130 valence electrons. The van der Waals surface area contributed by atoms with Gasteiger partial charge in [0.2, 0.25) is 5.91 Å². The number of nitrogens with zero attached hydrogens (tertiary/aromatic N) is 1. The van der Waals surface area contributed by atoms with Gasteiger partial charge < -0.3 is 20.3 Å². The maximum Gasteiger partial charge on any atom is 0.255 e. The maximum atomic E-state index is 12.5. The van der Waals surface area contributed by atoms with Crippen LogP contribution >= 0.6 is 0 Å². The molecule has 0 atom stereocenters. The molecule has 0 unspecified atom stereocenters.